The minimum absolute atomic E-state index is 0.146. The molecule has 1 aliphatic carbocycles. The Bertz CT molecular complexity index is 958. The number of amides is 2. The topological polar surface area (TPSA) is 56.3 Å². The number of methoxy groups -OCH3 is 1. The Morgan fingerprint density at radius 3 is 2.41 bits per heavy atom. The molecule has 0 aromatic heterocycles. The van der Waals surface area contributed by atoms with Crippen LogP contribution in [-0.2, 0) is 12.1 Å². The molecular weight excluding hydrogens is 426 g/mol. The summed E-state index contributed by atoms with van der Waals surface area (Å²) in [5.74, 6) is 1.73. The van der Waals surface area contributed by atoms with Crippen LogP contribution in [0.5, 0.6) is 11.5 Å². The molecule has 4 rings (SSSR count). The van der Waals surface area contributed by atoms with Gasteiger partial charge < -0.3 is 19.6 Å². The minimum atomic E-state index is -0.229. The number of hydrogen-bond acceptors (Lipinski definition) is 4. The molecule has 2 aliphatic rings. The molecule has 0 bridgehead atoms. The Hall–Kier alpha value is -2.73. The van der Waals surface area contributed by atoms with Gasteiger partial charge in [-0.2, -0.15) is 0 Å². The SMILES string of the molecule is COc1ccc(CN2CCC[C@](c3cccc(O)c3)(N(C)C)CCN(CC3CCC3)C2=O)cc1. The average molecular weight is 466 g/mol. The summed E-state index contributed by atoms with van der Waals surface area (Å²) >= 11 is 0. The fraction of sp³-hybridized carbons (Fsp3) is 0.536. The summed E-state index contributed by atoms with van der Waals surface area (Å²) in [6.07, 6.45) is 6.37. The molecule has 6 nitrogen and oxygen atoms in total. The van der Waals surface area contributed by atoms with E-state index in [-0.39, 0.29) is 11.6 Å². The van der Waals surface area contributed by atoms with Crippen molar-refractivity contribution in [1.82, 2.24) is 14.7 Å². The smallest absolute Gasteiger partial charge is 0.320 e. The maximum absolute atomic E-state index is 13.8. The fourth-order valence-corrected chi connectivity index (χ4v) is 5.44. The molecule has 184 valence electrons. The van der Waals surface area contributed by atoms with Crippen molar-refractivity contribution in [3.05, 3.63) is 59.7 Å². The lowest BCUT2D eigenvalue weighted by Crippen LogP contribution is -2.48. The zero-order chi connectivity index (χ0) is 24.1. The Kier molecular flexibility index (Phi) is 7.67. The number of phenols is 1. The summed E-state index contributed by atoms with van der Waals surface area (Å²) in [5.41, 5.74) is 2.01. The van der Waals surface area contributed by atoms with Crippen LogP contribution >= 0.6 is 0 Å². The van der Waals surface area contributed by atoms with E-state index in [1.807, 2.05) is 41.3 Å². The van der Waals surface area contributed by atoms with E-state index in [1.54, 1.807) is 13.2 Å². The van der Waals surface area contributed by atoms with Gasteiger partial charge in [0.05, 0.1) is 7.11 Å². The fourth-order valence-electron chi connectivity index (χ4n) is 5.44. The number of carbonyl (C=O) groups is 1. The van der Waals surface area contributed by atoms with E-state index in [9.17, 15) is 9.90 Å². The molecule has 1 aliphatic heterocycles. The number of benzene rings is 2. The van der Waals surface area contributed by atoms with Crippen LogP contribution in [-0.4, -0.2) is 66.7 Å². The maximum atomic E-state index is 13.8. The van der Waals surface area contributed by atoms with E-state index in [2.05, 4.69) is 30.0 Å². The molecule has 2 fully saturated rings. The lowest BCUT2D eigenvalue weighted by Gasteiger charge is -2.42. The van der Waals surface area contributed by atoms with E-state index in [1.165, 1.54) is 19.3 Å². The number of urea groups is 1. The van der Waals surface area contributed by atoms with Gasteiger partial charge in [0.2, 0.25) is 0 Å². The molecule has 1 saturated heterocycles. The molecule has 6 heteroatoms. The van der Waals surface area contributed by atoms with E-state index in [4.69, 9.17) is 4.74 Å². The average Bonchev–Trinajstić information content (AvgIpc) is 2.86. The maximum Gasteiger partial charge on any atom is 0.320 e. The molecule has 0 unspecified atom stereocenters. The third-order valence-electron chi connectivity index (χ3n) is 7.83. The molecule has 1 N–H and O–H groups in total. The quantitative estimate of drug-likeness (QED) is 0.621. The molecule has 0 spiro atoms. The predicted molar refractivity (Wildman–Crippen MR) is 135 cm³/mol. The minimum Gasteiger partial charge on any atom is -0.508 e. The van der Waals surface area contributed by atoms with Gasteiger partial charge in [0.15, 0.2) is 0 Å². The summed E-state index contributed by atoms with van der Waals surface area (Å²) in [4.78, 5) is 20.2. The highest BCUT2D eigenvalue weighted by Crippen LogP contribution is 2.38. The van der Waals surface area contributed by atoms with Gasteiger partial charge in [0.25, 0.3) is 0 Å². The number of nitrogens with zero attached hydrogens (tertiary/aromatic N) is 3. The lowest BCUT2D eigenvalue weighted by molar-refractivity contribution is 0.102. The van der Waals surface area contributed by atoms with Crippen LogP contribution in [0.2, 0.25) is 0 Å². The molecule has 1 heterocycles. The Morgan fingerprint density at radius 1 is 1.03 bits per heavy atom. The van der Waals surface area contributed by atoms with Gasteiger partial charge in [-0.15, -0.1) is 0 Å². The van der Waals surface area contributed by atoms with E-state index >= 15 is 0 Å². The number of phenolic OH excluding ortho intramolecular Hbond substituents is 1. The van der Waals surface area contributed by atoms with Gasteiger partial charge in [0, 0.05) is 31.7 Å². The van der Waals surface area contributed by atoms with Crippen molar-refractivity contribution in [3.8, 4) is 11.5 Å². The van der Waals surface area contributed by atoms with E-state index in [0.717, 1.165) is 42.7 Å². The highest BCUT2D eigenvalue weighted by Gasteiger charge is 2.38. The summed E-state index contributed by atoms with van der Waals surface area (Å²) in [6.45, 7) is 2.86. The number of aromatic hydroxyl groups is 1. The number of ether oxygens (including phenoxy) is 1. The lowest BCUT2D eigenvalue weighted by atomic mass is 9.80. The second-order valence-electron chi connectivity index (χ2n) is 10.1. The molecule has 2 aromatic carbocycles. The largest absolute Gasteiger partial charge is 0.508 e. The van der Waals surface area contributed by atoms with Crippen molar-refractivity contribution < 1.29 is 14.6 Å². The van der Waals surface area contributed by atoms with E-state index < -0.39 is 0 Å². The first-order chi connectivity index (χ1) is 16.4. The second-order valence-corrected chi connectivity index (χ2v) is 10.1. The van der Waals surface area contributed by atoms with Crippen LogP contribution in [0.25, 0.3) is 0 Å². The number of hydrogen-bond donors (Lipinski definition) is 1. The monoisotopic (exact) mass is 465 g/mol. The molecule has 1 atom stereocenters. The highest BCUT2D eigenvalue weighted by atomic mass is 16.5. The first-order valence-electron chi connectivity index (χ1n) is 12.5. The Morgan fingerprint density at radius 2 is 1.79 bits per heavy atom. The van der Waals surface area contributed by atoms with Gasteiger partial charge in [-0.25, -0.2) is 4.79 Å². The number of rotatable bonds is 7. The van der Waals surface area contributed by atoms with Crippen LogP contribution in [0.4, 0.5) is 4.79 Å². The van der Waals surface area contributed by atoms with Gasteiger partial charge in [-0.3, -0.25) is 4.90 Å². The summed E-state index contributed by atoms with van der Waals surface area (Å²) in [7, 11) is 5.91. The predicted octanol–water partition coefficient (Wildman–Crippen LogP) is 5.07. The summed E-state index contributed by atoms with van der Waals surface area (Å²) in [5, 5.41) is 10.2. The van der Waals surface area contributed by atoms with Crippen molar-refractivity contribution in [3.63, 3.8) is 0 Å². The van der Waals surface area contributed by atoms with Crippen LogP contribution in [0.3, 0.4) is 0 Å². The molecule has 34 heavy (non-hydrogen) atoms. The summed E-state index contributed by atoms with van der Waals surface area (Å²) < 4.78 is 5.30. The third kappa shape index (κ3) is 5.33. The van der Waals surface area contributed by atoms with Gasteiger partial charge in [0.1, 0.15) is 11.5 Å². The van der Waals surface area contributed by atoms with Crippen molar-refractivity contribution in [1.29, 1.82) is 0 Å². The highest BCUT2D eigenvalue weighted by molar-refractivity contribution is 5.74. The molecule has 1 saturated carbocycles. The molecule has 0 radical (unpaired) electrons. The van der Waals surface area contributed by atoms with Crippen LogP contribution < -0.4 is 4.74 Å². The molecule has 2 amide bonds. The third-order valence-corrected chi connectivity index (χ3v) is 7.83. The Labute approximate surface area is 204 Å². The Balaban J connectivity index is 1.61. The zero-order valence-electron chi connectivity index (χ0n) is 20.9. The van der Waals surface area contributed by atoms with Crippen LogP contribution in [0, 0.1) is 5.92 Å². The first-order valence-corrected chi connectivity index (χ1v) is 12.5. The van der Waals surface area contributed by atoms with Gasteiger partial charge in [-0.1, -0.05) is 30.7 Å². The number of carbonyl (C=O) groups excluding carboxylic acids is 1. The first kappa shape index (κ1) is 24.4. The molecule has 2 aromatic rings. The van der Waals surface area contributed by atoms with Crippen LogP contribution in [0.15, 0.2) is 48.5 Å². The summed E-state index contributed by atoms with van der Waals surface area (Å²) in [6, 6.07) is 15.8. The molecular formula is C28H39N3O3. The normalized spacial score (nSPS) is 22.2. The van der Waals surface area contributed by atoms with Crippen molar-refractivity contribution in [2.24, 2.45) is 5.92 Å². The zero-order valence-corrected chi connectivity index (χ0v) is 20.9. The van der Waals surface area contributed by atoms with Crippen LogP contribution in [0.1, 0.15) is 49.7 Å². The second kappa shape index (κ2) is 10.7. The van der Waals surface area contributed by atoms with Crippen molar-refractivity contribution in [2.45, 2.75) is 50.6 Å². The standard InChI is InChI=1S/C28H39N3O3/c1-29(2)28(24-9-5-10-25(32)19-24)15-6-17-30(21-23-11-13-26(34-3)14-12-23)27(33)31(18-16-28)20-22-7-4-8-22/h5,9-14,19,22,32H,4,6-8,15-18,20-21H2,1-3H3/t28-/m0/s1. The van der Waals surface area contributed by atoms with Gasteiger partial charge in [-0.05, 0) is 87.5 Å². The van der Waals surface area contributed by atoms with Gasteiger partial charge >= 0.3 is 6.03 Å². The van der Waals surface area contributed by atoms with Crippen molar-refractivity contribution in [2.75, 3.05) is 40.8 Å². The van der Waals surface area contributed by atoms with Crippen molar-refractivity contribution >= 4 is 6.03 Å². The van der Waals surface area contributed by atoms with E-state index in [0.29, 0.717) is 31.3 Å².